The van der Waals surface area contributed by atoms with Crippen molar-refractivity contribution in [1.29, 1.82) is 0 Å². The van der Waals surface area contributed by atoms with E-state index in [0.29, 0.717) is 4.31 Å². The topological polar surface area (TPSA) is 80.5 Å². The average Bonchev–Trinajstić information content (AvgIpc) is 2.46. The zero-order valence-corrected chi connectivity index (χ0v) is 12.1. The lowest BCUT2D eigenvalue weighted by Gasteiger charge is -2.32. The smallest absolute Gasteiger partial charge is 0.258 e. The van der Waals surface area contributed by atoms with Gasteiger partial charge in [-0.05, 0) is 18.9 Å². The molecule has 0 aliphatic carbocycles. The highest BCUT2D eigenvalue weighted by molar-refractivity contribution is 7.89. The van der Waals surface area contributed by atoms with E-state index in [2.05, 4.69) is 0 Å². The lowest BCUT2D eigenvalue weighted by atomic mass is 9.99. The van der Waals surface area contributed by atoms with Gasteiger partial charge in [0.05, 0.1) is 10.8 Å². The minimum Gasteiger partial charge on any atom is -0.258 e. The van der Waals surface area contributed by atoms with E-state index in [4.69, 9.17) is 0 Å². The van der Waals surface area contributed by atoms with Gasteiger partial charge in [-0.15, -0.1) is 0 Å². The molecule has 1 aromatic carbocycles. The minimum absolute atomic E-state index is 0.0596. The van der Waals surface area contributed by atoms with Gasteiger partial charge in [-0.1, -0.05) is 12.1 Å². The van der Waals surface area contributed by atoms with Crippen molar-refractivity contribution in [2.24, 2.45) is 5.92 Å². The van der Waals surface area contributed by atoms with Crippen LogP contribution in [-0.2, 0) is 10.0 Å². The molecule has 0 spiro atoms. The Bertz CT molecular complexity index is 675. The summed E-state index contributed by atoms with van der Waals surface area (Å²) in [5.74, 6) is -1.75. The lowest BCUT2D eigenvalue weighted by molar-refractivity contribution is -0.387. The van der Waals surface area contributed by atoms with Crippen LogP contribution >= 0.6 is 0 Å². The van der Waals surface area contributed by atoms with E-state index in [-0.39, 0.29) is 19.4 Å². The van der Waals surface area contributed by atoms with Gasteiger partial charge in [0.1, 0.15) is 0 Å². The largest absolute Gasteiger partial charge is 0.393 e. The SMILES string of the molecule is O=[N+]([O-])c1ccccc1S(=O)(=O)N1CCC[C@@H](C(F)(F)F)C1. The second kappa shape index (κ2) is 5.84. The van der Waals surface area contributed by atoms with Gasteiger partial charge >= 0.3 is 6.18 Å². The van der Waals surface area contributed by atoms with Crippen LogP contribution in [0.15, 0.2) is 29.2 Å². The Balaban J connectivity index is 2.37. The Morgan fingerprint density at radius 1 is 1.27 bits per heavy atom. The number of hydrogen-bond acceptors (Lipinski definition) is 4. The summed E-state index contributed by atoms with van der Waals surface area (Å²) in [5.41, 5.74) is -0.642. The maximum Gasteiger partial charge on any atom is 0.393 e. The van der Waals surface area contributed by atoms with Crippen LogP contribution in [-0.4, -0.2) is 36.9 Å². The van der Waals surface area contributed by atoms with Gasteiger partial charge in [0.25, 0.3) is 5.69 Å². The molecule has 0 bridgehead atoms. The van der Waals surface area contributed by atoms with Crippen LogP contribution < -0.4 is 0 Å². The molecule has 10 heteroatoms. The molecule has 0 amide bonds. The first-order valence-electron chi connectivity index (χ1n) is 6.44. The van der Waals surface area contributed by atoms with Crippen molar-refractivity contribution < 1.29 is 26.5 Å². The van der Waals surface area contributed by atoms with Crippen LogP contribution in [0.25, 0.3) is 0 Å². The minimum atomic E-state index is -4.49. The average molecular weight is 338 g/mol. The number of alkyl halides is 3. The van der Waals surface area contributed by atoms with Crippen LogP contribution in [0.3, 0.4) is 0 Å². The van der Waals surface area contributed by atoms with E-state index in [1.807, 2.05) is 0 Å². The van der Waals surface area contributed by atoms with Gasteiger partial charge in [0.15, 0.2) is 4.90 Å². The van der Waals surface area contributed by atoms with Crippen molar-refractivity contribution in [3.63, 3.8) is 0 Å². The monoisotopic (exact) mass is 338 g/mol. The van der Waals surface area contributed by atoms with Crippen LogP contribution in [0.5, 0.6) is 0 Å². The number of hydrogen-bond donors (Lipinski definition) is 0. The zero-order valence-electron chi connectivity index (χ0n) is 11.3. The maximum atomic E-state index is 12.8. The van der Waals surface area contributed by atoms with E-state index >= 15 is 0 Å². The summed E-state index contributed by atoms with van der Waals surface area (Å²) in [6, 6.07) is 4.64. The highest BCUT2D eigenvalue weighted by atomic mass is 32.2. The Kier molecular flexibility index (Phi) is 4.43. The molecule has 1 aromatic rings. The third kappa shape index (κ3) is 3.22. The van der Waals surface area contributed by atoms with Gasteiger partial charge in [0, 0.05) is 19.2 Å². The van der Waals surface area contributed by atoms with E-state index in [1.54, 1.807) is 0 Å². The van der Waals surface area contributed by atoms with Crippen LogP contribution in [0.2, 0.25) is 0 Å². The molecular weight excluding hydrogens is 325 g/mol. The van der Waals surface area contributed by atoms with Crippen molar-refractivity contribution in [1.82, 2.24) is 4.31 Å². The molecule has 1 aliphatic rings. The van der Waals surface area contributed by atoms with E-state index in [0.717, 1.165) is 12.1 Å². The fraction of sp³-hybridized carbons (Fsp3) is 0.500. The van der Waals surface area contributed by atoms with Crippen LogP contribution in [0.1, 0.15) is 12.8 Å². The molecule has 1 atom stereocenters. The normalized spacial score (nSPS) is 20.8. The van der Waals surface area contributed by atoms with Crippen LogP contribution in [0.4, 0.5) is 18.9 Å². The molecule has 0 aromatic heterocycles. The Morgan fingerprint density at radius 3 is 2.50 bits per heavy atom. The second-order valence-electron chi connectivity index (χ2n) is 4.97. The Morgan fingerprint density at radius 2 is 1.91 bits per heavy atom. The third-order valence-corrected chi connectivity index (χ3v) is 5.44. The molecule has 22 heavy (non-hydrogen) atoms. The molecule has 0 N–H and O–H groups in total. The maximum absolute atomic E-state index is 12.8. The second-order valence-corrected chi connectivity index (χ2v) is 6.88. The van der Waals surface area contributed by atoms with E-state index in [1.165, 1.54) is 12.1 Å². The number of sulfonamides is 1. The highest BCUT2D eigenvalue weighted by Crippen LogP contribution is 2.36. The molecule has 6 nitrogen and oxygen atoms in total. The first-order chi connectivity index (χ1) is 10.1. The molecule has 0 radical (unpaired) electrons. The molecule has 1 aliphatic heterocycles. The summed E-state index contributed by atoms with van der Waals surface area (Å²) in [5, 5.41) is 10.9. The number of nitro groups is 1. The highest BCUT2D eigenvalue weighted by Gasteiger charge is 2.45. The van der Waals surface area contributed by atoms with E-state index < -0.39 is 44.2 Å². The first kappa shape index (κ1) is 16.7. The number of nitro benzene ring substituents is 1. The van der Waals surface area contributed by atoms with E-state index in [9.17, 15) is 31.7 Å². The molecule has 1 heterocycles. The van der Waals surface area contributed by atoms with Gasteiger partial charge in [0.2, 0.25) is 10.0 Å². The molecule has 0 unspecified atom stereocenters. The molecule has 122 valence electrons. The number of nitrogens with zero attached hydrogens (tertiary/aromatic N) is 2. The summed E-state index contributed by atoms with van der Waals surface area (Å²) in [4.78, 5) is 9.47. The van der Waals surface area contributed by atoms with Gasteiger partial charge < -0.3 is 0 Å². The molecule has 1 fully saturated rings. The molecular formula is C12H13F3N2O4S. The summed E-state index contributed by atoms with van der Waals surface area (Å²) >= 11 is 0. The number of benzene rings is 1. The predicted molar refractivity (Wildman–Crippen MR) is 70.6 cm³/mol. The summed E-state index contributed by atoms with van der Waals surface area (Å²) in [6.45, 7) is -0.793. The fourth-order valence-electron chi connectivity index (χ4n) is 2.39. The number of piperidine rings is 1. The van der Waals surface area contributed by atoms with Crippen molar-refractivity contribution in [2.45, 2.75) is 23.9 Å². The van der Waals surface area contributed by atoms with Crippen molar-refractivity contribution in [3.05, 3.63) is 34.4 Å². The zero-order chi connectivity index (χ0) is 16.5. The number of halogens is 3. The Labute approximate surface area is 124 Å². The standard InChI is InChI=1S/C12H13F3N2O4S/c13-12(14,15)9-4-3-7-16(8-9)22(20,21)11-6-2-1-5-10(11)17(18)19/h1-2,5-6,9H,3-4,7-8H2/t9-/m1/s1. The molecule has 1 saturated heterocycles. The summed E-state index contributed by atoms with van der Waals surface area (Å²) < 4.78 is 63.9. The number of rotatable bonds is 3. The van der Waals surface area contributed by atoms with Gasteiger partial charge in [-0.2, -0.15) is 17.5 Å². The fourth-order valence-corrected chi connectivity index (χ4v) is 4.07. The predicted octanol–water partition coefficient (Wildman–Crippen LogP) is 2.56. The first-order valence-corrected chi connectivity index (χ1v) is 7.88. The Hall–Kier alpha value is -1.68. The summed E-state index contributed by atoms with van der Waals surface area (Å²) in [6.07, 6.45) is -4.58. The van der Waals surface area contributed by atoms with Gasteiger partial charge in [-0.3, -0.25) is 10.1 Å². The summed E-state index contributed by atoms with van der Waals surface area (Å²) in [7, 11) is -4.34. The molecule has 2 rings (SSSR count). The quantitative estimate of drug-likeness (QED) is 0.626. The number of para-hydroxylation sites is 1. The lowest BCUT2D eigenvalue weighted by Crippen LogP contribution is -2.44. The van der Waals surface area contributed by atoms with Crippen LogP contribution in [0, 0.1) is 16.0 Å². The van der Waals surface area contributed by atoms with Crippen molar-refractivity contribution in [2.75, 3.05) is 13.1 Å². The van der Waals surface area contributed by atoms with Crippen molar-refractivity contribution in [3.8, 4) is 0 Å². The van der Waals surface area contributed by atoms with Gasteiger partial charge in [-0.25, -0.2) is 8.42 Å². The molecule has 0 saturated carbocycles. The van der Waals surface area contributed by atoms with Crippen molar-refractivity contribution >= 4 is 15.7 Å². The third-order valence-electron chi connectivity index (χ3n) is 3.53.